The first-order chi connectivity index (χ1) is 18.8. The summed E-state index contributed by atoms with van der Waals surface area (Å²) >= 11 is 0. The normalized spacial score (nSPS) is 14.8. The lowest BCUT2D eigenvalue weighted by atomic mass is 10.1. The van der Waals surface area contributed by atoms with E-state index < -0.39 is 34.5 Å². The predicted octanol–water partition coefficient (Wildman–Crippen LogP) is 2.90. The number of hydrogen-bond acceptors (Lipinski definition) is 8. The van der Waals surface area contributed by atoms with Crippen LogP contribution in [0.2, 0.25) is 0 Å². The number of amides is 1. The molecular formula is C28H30N2O8S. The maximum Gasteiger partial charge on any atom is 0.348 e. The molecule has 4 rings (SSSR count). The van der Waals surface area contributed by atoms with Gasteiger partial charge in [0.15, 0.2) is 11.5 Å². The van der Waals surface area contributed by atoms with Gasteiger partial charge >= 0.3 is 5.97 Å². The van der Waals surface area contributed by atoms with Gasteiger partial charge in [-0.05, 0) is 36.2 Å². The average molecular weight is 555 g/mol. The number of para-hydroxylation sites is 2. The molecule has 0 bridgehead atoms. The van der Waals surface area contributed by atoms with E-state index in [1.54, 1.807) is 24.3 Å². The van der Waals surface area contributed by atoms with Gasteiger partial charge in [0, 0.05) is 12.6 Å². The third kappa shape index (κ3) is 6.15. The minimum atomic E-state index is -4.15. The molecule has 1 aliphatic heterocycles. The summed E-state index contributed by atoms with van der Waals surface area (Å²) in [4.78, 5) is 27.3. The number of hydrogen-bond donors (Lipinski definition) is 0. The van der Waals surface area contributed by atoms with Crippen molar-refractivity contribution in [3.63, 3.8) is 0 Å². The van der Waals surface area contributed by atoms with Crippen LogP contribution in [-0.4, -0.2) is 71.7 Å². The van der Waals surface area contributed by atoms with E-state index in [4.69, 9.17) is 18.9 Å². The Balaban J connectivity index is 1.67. The second kappa shape index (κ2) is 12.2. The molecule has 0 aliphatic carbocycles. The lowest BCUT2D eigenvalue weighted by Crippen LogP contribution is -2.51. The van der Waals surface area contributed by atoms with Crippen molar-refractivity contribution < 1.29 is 37.0 Å². The molecule has 39 heavy (non-hydrogen) atoms. The summed E-state index contributed by atoms with van der Waals surface area (Å²) in [6, 6.07) is 20.4. The highest BCUT2D eigenvalue weighted by Crippen LogP contribution is 2.34. The van der Waals surface area contributed by atoms with Gasteiger partial charge in [-0.2, -0.15) is 4.31 Å². The van der Waals surface area contributed by atoms with Crippen LogP contribution in [0.1, 0.15) is 5.56 Å². The Kier molecular flexibility index (Phi) is 8.72. The summed E-state index contributed by atoms with van der Waals surface area (Å²) in [5, 5.41) is 0. The predicted molar refractivity (Wildman–Crippen MR) is 144 cm³/mol. The van der Waals surface area contributed by atoms with Gasteiger partial charge in [0.05, 0.1) is 45.0 Å². The number of ether oxygens (including phenoxy) is 4. The number of esters is 1. The quantitative estimate of drug-likeness (QED) is 0.352. The van der Waals surface area contributed by atoms with Gasteiger partial charge in [-0.25, -0.2) is 13.2 Å². The van der Waals surface area contributed by atoms with Crippen molar-refractivity contribution in [3.8, 4) is 17.2 Å². The maximum atomic E-state index is 13.9. The summed E-state index contributed by atoms with van der Waals surface area (Å²) in [5.41, 5.74) is 1.36. The fourth-order valence-corrected chi connectivity index (χ4v) is 5.68. The third-order valence-corrected chi connectivity index (χ3v) is 8.18. The number of rotatable bonds is 10. The second-order valence-electron chi connectivity index (χ2n) is 8.69. The molecule has 1 atom stereocenters. The van der Waals surface area contributed by atoms with Crippen LogP contribution in [0.15, 0.2) is 77.7 Å². The van der Waals surface area contributed by atoms with E-state index in [0.29, 0.717) is 23.6 Å². The number of anilines is 1. The van der Waals surface area contributed by atoms with Gasteiger partial charge in [0.25, 0.3) is 0 Å². The van der Waals surface area contributed by atoms with E-state index in [1.807, 2.05) is 30.3 Å². The van der Waals surface area contributed by atoms with Crippen molar-refractivity contribution in [2.45, 2.75) is 17.4 Å². The molecule has 0 N–H and O–H groups in total. The number of carbonyl (C=O) groups excluding carboxylic acids is 2. The molecule has 1 heterocycles. The van der Waals surface area contributed by atoms with Crippen molar-refractivity contribution in [2.24, 2.45) is 0 Å². The van der Waals surface area contributed by atoms with E-state index in [-0.39, 0.29) is 23.7 Å². The molecule has 206 valence electrons. The summed E-state index contributed by atoms with van der Waals surface area (Å²) in [6.07, 6.45) is -0.667. The summed E-state index contributed by atoms with van der Waals surface area (Å²) in [5.74, 6) is -0.206. The minimum Gasteiger partial charge on any atom is -0.493 e. The minimum absolute atomic E-state index is 0.0405. The van der Waals surface area contributed by atoms with Crippen LogP contribution < -0.4 is 19.1 Å². The molecule has 0 fully saturated rings. The SMILES string of the molecule is COC(=O)[C@H]1CN(C(=O)CN(CCc2ccccc2)S(=O)(=O)c2ccc(OC)c(OC)c2)c2ccccc2O1. The average Bonchev–Trinajstić information content (AvgIpc) is 2.97. The van der Waals surface area contributed by atoms with E-state index in [1.165, 1.54) is 44.4 Å². The fraction of sp³-hybridized carbons (Fsp3) is 0.286. The third-order valence-electron chi connectivity index (χ3n) is 6.34. The number of carbonyl (C=O) groups is 2. The summed E-state index contributed by atoms with van der Waals surface area (Å²) < 4.78 is 50.0. The lowest BCUT2D eigenvalue weighted by Gasteiger charge is -2.34. The first-order valence-corrected chi connectivity index (χ1v) is 13.6. The molecule has 0 unspecified atom stereocenters. The van der Waals surface area contributed by atoms with Crippen LogP contribution in [0.5, 0.6) is 17.2 Å². The summed E-state index contributed by atoms with van der Waals surface area (Å²) in [7, 11) is -0.0393. The van der Waals surface area contributed by atoms with Crippen LogP contribution in [0.3, 0.4) is 0 Å². The molecule has 10 nitrogen and oxygen atoms in total. The van der Waals surface area contributed by atoms with E-state index >= 15 is 0 Å². The van der Waals surface area contributed by atoms with Crippen molar-refractivity contribution in [1.82, 2.24) is 4.31 Å². The van der Waals surface area contributed by atoms with Gasteiger partial charge in [-0.15, -0.1) is 0 Å². The zero-order valence-corrected chi connectivity index (χ0v) is 22.7. The fourth-order valence-electron chi connectivity index (χ4n) is 4.27. The molecule has 0 saturated carbocycles. The number of methoxy groups -OCH3 is 3. The number of benzene rings is 3. The molecule has 0 aromatic heterocycles. The molecule has 0 radical (unpaired) electrons. The molecular weight excluding hydrogens is 524 g/mol. The highest BCUT2D eigenvalue weighted by molar-refractivity contribution is 7.89. The first-order valence-electron chi connectivity index (χ1n) is 12.2. The first kappa shape index (κ1) is 27.9. The molecule has 0 saturated heterocycles. The largest absolute Gasteiger partial charge is 0.493 e. The number of sulfonamides is 1. The van der Waals surface area contributed by atoms with Crippen molar-refractivity contribution in [3.05, 3.63) is 78.4 Å². The van der Waals surface area contributed by atoms with Crippen molar-refractivity contribution in [2.75, 3.05) is 45.9 Å². The molecule has 1 aliphatic rings. The Labute approximate surface area is 227 Å². The Morgan fingerprint density at radius 3 is 2.33 bits per heavy atom. The number of nitrogens with zero attached hydrogens (tertiary/aromatic N) is 2. The molecule has 0 spiro atoms. The van der Waals surface area contributed by atoms with Crippen LogP contribution in [-0.2, 0) is 30.8 Å². The van der Waals surface area contributed by atoms with Crippen LogP contribution in [0, 0.1) is 0 Å². The van der Waals surface area contributed by atoms with E-state index in [2.05, 4.69) is 0 Å². The smallest absolute Gasteiger partial charge is 0.348 e. The zero-order chi connectivity index (χ0) is 28.0. The van der Waals surface area contributed by atoms with E-state index in [0.717, 1.165) is 9.87 Å². The molecule has 11 heteroatoms. The van der Waals surface area contributed by atoms with Crippen LogP contribution in [0.4, 0.5) is 5.69 Å². The summed E-state index contributed by atoms with van der Waals surface area (Å²) in [6.45, 7) is -0.546. The van der Waals surface area contributed by atoms with Crippen LogP contribution >= 0.6 is 0 Å². The molecule has 3 aromatic rings. The Hall–Kier alpha value is -4.09. The van der Waals surface area contributed by atoms with Gasteiger partial charge < -0.3 is 23.8 Å². The monoisotopic (exact) mass is 554 g/mol. The van der Waals surface area contributed by atoms with E-state index in [9.17, 15) is 18.0 Å². The van der Waals surface area contributed by atoms with Crippen molar-refractivity contribution >= 4 is 27.6 Å². The maximum absolute atomic E-state index is 13.9. The van der Waals surface area contributed by atoms with Gasteiger partial charge in [0.1, 0.15) is 5.75 Å². The second-order valence-corrected chi connectivity index (χ2v) is 10.6. The van der Waals surface area contributed by atoms with Gasteiger partial charge in [0.2, 0.25) is 22.0 Å². The Bertz CT molecular complexity index is 1430. The Morgan fingerprint density at radius 2 is 1.64 bits per heavy atom. The highest BCUT2D eigenvalue weighted by atomic mass is 32.2. The Morgan fingerprint density at radius 1 is 0.949 bits per heavy atom. The number of fused-ring (bicyclic) bond motifs is 1. The standard InChI is InChI=1S/C28H30N2O8S/c1-35-24-14-13-21(17-25(24)36-2)39(33,34)29(16-15-20-9-5-4-6-10-20)19-27(31)30-18-26(28(32)37-3)38-23-12-8-7-11-22(23)30/h4-14,17,26H,15-16,18-19H2,1-3H3/t26-/m1/s1. The van der Waals surface area contributed by atoms with Crippen LogP contribution in [0.25, 0.3) is 0 Å². The highest BCUT2D eigenvalue weighted by Gasteiger charge is 2.36. The molecule has 3 aromatic carbocycles. The lowest BCUT2D eigenvalue weighted by molar-refractivity contribution is -0.148. The topological polar surface area (TPSA) is 112 Å². The van der Waals surface area contributed by atoms with Gasteiger partial charge in [-0.1, -0.05) is 42.5 Å². The molecule has 1 amide bonds. The zero-order valence-electron chi connectivity index (χ0n) is 21.9. The van der Waals surface area contributed by atoms with Gasteiger partial charge in [-0.3, -0.25) is 4.79 Å². The van der Waals surface area contributed by atoms with Crippen molar-refractivity contribution in [1.29, 1.82) is 0 Å².